The molecule has 1 atom stereocenters. The second-order valence-electron chi connectivity index (χ2n) is 8.32. The maximum absolute atomic E-state index is 14.9. The van der Waals surface area contributed by atoms with Gasteiger partial charge < -0.3 is 14.5 Å². The van der Waals surface area contributed by atoms with Crippen LogP contribution in [0.15, 0.2) is 39.6 Å². The van der Waals surface area contributed by atoms with Crippen LogP contribution >= 0.6 is 0 Å². The molecule has 29 heavy (non-hydrogen) atoms. The number of aryl methyl sites for hydroxylation is 1. The minimum atomic E-state index is -0.613. The van der Waals surface area contributed by atoms with Gasteiger partial charge in [-0.25, -0.2) is 4.39 Å². The molecule has 0 aliphatic carbocycles. The smallest absolute Gasteiger partial charge is 0.311 e. The van der Waals surface area contributed by atoms with Crippen molar-refractivity contribution < 1.29 is 18.7 Å². The van der Waals surface area contributed by atoms with Crippen LogP contribution in [0, 0.1) is 18.2 Å². The molecule has 0 bridgehead atoms. The maximum Gasteiger partial charge on any atom is 0.311 e. The van der Waals surface area contributed by atoms with Gasteiger partial charge in [-0.05, 0) is 58.4 Å². The number of aliphatic imine (C=N–C) groups is 1. The predicted octanol–water partition coefficient (Wildman–Crippen LogP) is 3.90. The average molecular weight is 398 g/mol. The van der Waals surface area contributed by atoms with Crippen LogP contribution in [0.2, 0.25) is 0 Å². The average Bonchev–Trinajstić information content (AvgIpc) is 3.18. The number of ether oxygens (including phenoxy) is 2. The van der Waals surface area contributed by atoms with E-state index in [2.05, 4.69) is 15.1 Å². The van der Waals surface area contributed by atoms with E-state index in [0.717, 1.165) is 11.3 Å². The normalized spacial score (nSPS) is 18.9. The number of hydrogen-bond acceptors (Lipinski definition) is 6. The molecule has 8 heteroatoms. The van der Waals surface area contributed by atoms with Crippen molar-refractivity contribution in [3.8, 4) is 5.75 Å². The van der Waals surface area contributed by atoms with Gasteiger partial charge in [0.05, 0.1) is 12.0 Å². The van der Waals surface area contributed by atoms with Gasteiger partial charge in [0.1, 0.15) is 18.1 Å². The van der Waals surface area contributed by atoms with Crippen molar-refractivity contribution in [3.63, 3.8) is 0 Å². The molecular formula is C21H23FN4O3. The van der Waals surface area contributed by atoms with Crippen molar-refractivity contribution in [2.45, 2.75) is 40.7 Å². The summed E-state index contributed by atoms with van der Waals surface area (Å²) in [5, 5.41) is 6.34. The zero-order chi connectivity index (χ0) is 20.9. The van der Waals surface area contributed by atoms with Crippen molar-refractivity contribution in [1.29, 1.82) is 0 Å². The lowest BCUT2D eigenvalue weighted by Gasteiger charge is -2.22. The molecule has 3 heterocycles. The first-order chi connectivity index (χ1) is 13.6. The number of fused-ring (bicyclic) bond motifs is 2. The number of halogens is 1. The highest BCUT2D eigenvalue weighted by Crippen LogP contribution is 2.33. The van der Waals surface area contributed by atoms with Gasteiger partial charge in [-0.1, -0.05) is 0 Å². The number of esters is 1. The third-order valence-electron chi connectivity index (χ3n) is 4.93. The molecule has 0 saturated carbocycles. The van der Waals surface area contributed by atoms with Gasteiger partial charge in [0, 0.05) is 16.6 Å². The monoisotopic (exact) mass is 398 g/mol. The Bertz CT molecular complexity index is 1090. The third kappa shape index (κ3) is 3.39. The number of carbonyl (C=O) groups excluding carboxylic acids is 1. The molecule has 152 valence electrons. The molecule has 0 saturated heterocycles. The zero-order valence-electron chi connectivity index (χ0n) is 17.0. The molecule has 1 aromatic carbocycles. The highest BCUT2D eigenvalue weighted by molar-refractivity contribution is 6.01. The molecule has 0 amide bonds. The van der Waals surface area contributed by atoms with E-state index in [9.17, 15) is 9.18 Å². The molecule has 2 aliphatic rings. The van der Waals surface area contributed by atoms with Crippen LogP contribution in [0.25, 0.3) is 10.9 Å². The van der Waals surface area contributed by atoms with E-state index in [4.69, 9.17) is 9.47 Å². The molecule has 4 rings (SSSR count). The molecular weight excluding hydrogens is 375 g/mol. The van der Waals surface area contributed by atoms with Gasteiger partial charge in [0.2, 0.25) is 5.90 Å². The largest absolute Gasteiger partial charge is 0.455 e. The van der Waals surface area contributed by atoms with E-state index >= 15 is 0 Å². The van der Waals surface area contributed by atoms with E-state index in [0.29, 0.717) is 23.1 Å². The number of aromatic nitrogens is 1. The first-order valence-corrected chi connectivity index (χ1v) is 9.41. The van der Waals surface area contributed by atoms with Gasteiger partial charge >= 0.3 is 5.97 Å². The van der Waals surface area contributed by atoms with Crippen molar-refractivity contribution in [2.24, 2.45) is 15.5 Å². The van der Waals surface area contributed by atoms with E-state index in [-0.39, 0.29) is 17.6 Å². The van der Waals surface area contributed by atoms with Crippen molar-refractivity contribution in [3.05, 3.63) is 41.0 Å². The summed E-state index contributed by atoms with van der Waals surface area (Å²) in [5.74, 6) is -0.473. The number of aromatic amines is 1. The highest BCUT2D eigenvalue weighted by atomic mass is 19.1. The summed E-state index contributed by atoms with van der Waals surface area (Å²) in [4.78, 5) is 19.6. The molecule has 0 spiro atoms. The Balaban J connectivity index is 1.63. The summed E-state index contributed by atoms with van der Waals surface area (Å²) < 4.78 is 26.4. The molecule has 1 unspecified atom stereocenters. The van der Waals surface area contributed by atoms with Gasteiger partial charge in [0.25, 0.3) is 0 Å². The Labute approximate surface area is 167 Å². The van der Waals surface area contributed by atoms with Crippen LogP contribution in [0.3, 0.4) is 0 Å². The predicted molar refractivity (Wildman–Crippen MR) is 108 cm³/mol. The van der Waals surface area contributed by atoms with Crippen molar-refractivity contribution in [1.82, 2.24) is 9.99 Å². The number of rotatable bonds is 2. The van der Waals surface area contributed by atoms with Crippen LogP contribution in [-0.2, 0) is 9.53 Å². The summed E-state index contributed by atoms with van der Waals surface area (Å²) >= 11 is 0. The summed E-state index contributed by atoms with van der Waals surface area (Å²) in [6, 6.07) is 5.06. The molecule has 2 aromatic rings. The van der Waals surface area contributed by atoms with Gasteiger partial charge in [0.15, 0.2) is 11.6 Å². The maximum atomic E-state index is 14.9. The first kappa shape index (κ1) is 19.2. The molecule has 0 radical (unpaired) electrons. The fourth-order valence-electron chi connectivity index (χ4n) is 3.30. The number of hydrazone groups is 1. The summed E-state index contributed by atoms with van der Waals surface area (Å²) in [6.07, 6.45) is 0.872. The van der Waals surface area contributed by atoms with E-state index in [1.807, 2.05) is 13.8 Å². The van der Waals surface area contributed by atoms with Crippen LogP contribution in [0.4, 0.5) is 4.39 Å². The Morgan fingerprint density at radius 2 is 2.07 bits per heavy atom. The SMILES string of the molecule is CC1=C2C(Oc3ccc4[nH]c(C)cc4c3F)=NC=NN2CC1OC(=O)C(C)(C)C. The number of benzene rings is 1. The molecule has 1 N–H and O–H groups in total. The lowest BCUT2D eigenvalue weighted by Crippen LogP contribution is -2.31. The lowest BCUT2D eigenvalue weighted by atomic mass is 9.97. The van der Waals surface area contributed by atoms with Crippen molar-refractivity contribution in [2.75, 3.05) is 6.54 Å². The Morgan fingerprint density at radius 1 is 1.31 bits per heavy atom. The fourth-order valence-corrected chi connectivity index (χ4v) is 3.30. The van der Waals surface area contributed by atoms with Gasteiger partial charge in [-0.2, -0.15) is 10.1 Å². The first-order valence-electron chi connectivity index (χ1n) is 9.41. The van der Waals surface area contributed by atoms with Crippen LogP contribution in [-0.4, -0.2) is 40.8 Å². The van der Waals surface area contributed by atoms with E-state index in [1.165, 1.54) is 6.34 Å². The Morgan fingerprint density at radius 3 is 2.79 bits per heavy atom. The number of carbonyl (C=O) groups is 1. The molecule has 7 nitrogen and oxygen atoms in total. The highest BCUT2D eigenvalue weighted by Gasteiger charge is 2.38. The zero-order valence-corrected chi connectivity index (χ0v) is 17.0. The standard InChI is InChI=1S/C21H23FN4O3/c1-11-8-13-14(25-11)6-7-15(17(13)22)28-19-18-12(2)16(9-26(18)24-10-23-19)29-20(27)21(3,4)5/h6-8,10,16,25H,9H2,1-5H3. The topological polar surface area (TPSA) is 79.3 Å². The summed E-state index contributed by atoms with van der Waals surface area (Å²) in [5.41, 5.74) is 2.30. The Kier molecular flexibility index (Phi) is 4.44. The quantitative estimate of drug-likeness (QED) is 0.779. The van der Waals surface area contributed by atoms with Gasteiger partial charge in [-0.3, -0.25) is 9.80 Å². The van der Waals surface area contributed by atoms with E-state index < -0.39 is 17.3 Å². The Hall–Kier alpha value is -3.16. The lowest BCUT2D eigenvalue weighted by molar-refractivity contribution is -0.156. The number of nitrogens with zero attached hydrogens (tertiary/aromatic N) is 3. The van der Waals surface area contributed by atoms with Gasteiger partial charge in [-0.15, -0.1) is 0 Å². The second-order valence-corrected chi connectivity index (χ2v) is 8.32. The van der Waals surface area contributed by atoms with E-state index in [1.54, 1.807) is 44.0 Å². The minimum Gasteiger partial charge on any atom is -0.455 e. The summed E-state index contributed by atoms with van der Waals surface area (Å²) in [7, 11) is 0. The van der Waals surface area contributed by atoms with Crippen LogP contribution in [0.1, 0.15) is 33.4 Å². The summed E-state index contributed by atoms with van der Waals surface area (Å²) in [6.45, 7) is 9.47. The minimum absolute atomic E-state index is 0.0703. The fraction of sp³-hybridized carbons (Fsp3) is 0.381. The number of hydrogen-bond donors (Lipinski definition) is 1. The second kappa shape index (κ2) is 6.72. The van der Waals surface area contributed by atoms with Crippen molar-refractivity contribution >= 4 is 29.1 Å². The number of H-pyrrole nitrogens is 1. The molecule has 0 fully saturated rings. The number of nitrogens with one attached hydrogen (secondary N) is 1. The third-order valence-corrected chi connectivity index (χ3v) is 4.93. The van der Waals surface area contributed by atoms with Crippen LogP contribution < -0.4 is 4.74 Å². The molecule has 2 aliphatic heterocycles. The molecule has 1 aromatic heterocycles. The van der Waals surface area contributed by atoms with Crippen LogP contribution in [0.5, 0.6) is 5.75 Å².